The molecule has 1 fully saturated rings. The van der Waals surface area contributed by atoms with Crippen LogP contribution in [-0.2, 0) is 14.3 Å². The second-order valence-electron chi connectivity index (χ2n) is 5.70. The van der Waals surface area contributed by atoms with Crippen LogP contribution < -0.4 is 0 Å². The van der Waals surface area contributed by atoms with Gasteiger partial charge in [0.2, 0.25) is 0 Å². The molecule has 0 spiro atoms. The Bertz CT molecular complexity index is 338. The Kier molecular flexibility index (Phi) is 5.17. The van der Waals surface area contributed by atoms with Gasteiger partial charge < -0.3 is 14.4 Å². The number of piperazine rings is 1. The topological polar surface area (TPSA) is 59.1 Å². The Morgan fingerprint density at radius 3 is 2.42 bits per heavy atom. The van der Waals surface area contributed by atoms with E-state index in [4.69, 9.17) is 9.47 Å². The molecule has 0 bridgehead atoms. The SMILES string of the molecule is CCOC(=O)C1CN(C)CCN1C(=O)OC(C)(C)C. The van der Waals surface area contributed by atoms with Gasteiger partial charge in [0.05, 0.1) is 6.61 Å². The lowest BCUT2D eigenvalue weighted by molar-refractivity contribution is -0.151. The number of amides is 1. The Hall–Kier alpha value is -1.30. The summed E-state index contributed by atoms with van der Waals surface area (Å²) in [6.45, 7) is 9.13. The zero-order valence-corrected chi connectivity index (χ0v) is 12.4. The number of carbonyl (C=O) groups is 2. The molecule has 0 saturated carbocycles. The van der Waals surface area contributed by atoms with Gasteiger partial charge in [-0.3, -0.25) is 4.90 Å². The van der Waals surface area contributed by atoms with Crippen LogP contribution >= 0.6 is 0 Å². The summed E-state index contributed by atoms with van der Waals surface area (Å²) in [5.41, 5.74) is -0.570. The summed E-state index contributed by atoms with van der Waals surface area (Å²) >= 11 is 0. The molecule has 1 amide bonds. The van der Waals surface area contributed by atoms with Crippen LogP contribution in [0, 0.1) is 0 Å². The molecule has 0 N–H and O–H groups in total. The lowest BCUT2D eigenvalue weighted by Gasteiger charge is -2.38. The number of ether oxygens (including phenoxy) is 2. The van der Waals surface area contributed by atoms with E-state index >= 15 is 0 Å². The van der Waals surface area contributed by atoms with Crippen molar-refractivity contribution in [2.75, 3.05) is 33.3 Å². The van der Waals surface area contributed by atoms with Crippen molar-refractivity contribution in [3.05, 3.63) is 0 Å². The van der Waals surface area contributed by atoms with Crippen LogP contribution in [0.3, 0.4) is 0 Å². The molecule has 110 valence electrons. The number of likely N-dealkylation sites (N-methyl/N-ethyl adjacent to an activating group) is 1. The van der Waals surface area contributed by atoms with Crippen LogP contribution in [-0.4, -0.2) is 66.8 Å². The van der Waals surface area contributed by atoms with Crippen LogP contribution in [0.5, 0.6) is 0 Å². The summed E-state index contributed by atoms with van der Waals surface area (Å²) in [5.74, 6) is -0.375. The van der Waals surface area contributed by atoms with Crippen LogP contribution in [0.25, 0.3) is 0 Å². The second-order valence-corrected chi connectivity index (χ2v) is 5.70. The smallest absolute Gasteiger partial charge is 0.411 e. The molecule has 0 aromatic heterocycles. The van der Waals surface area contributed by atoms with E-state index in [2.05, 4.69) is 0 Å². The van der Waals surface area contributed by atoms with Gasteiger partial charge in [-0.25, -0.2) is 9.59 Å². The molecule has 1 aliphatic heterocycles. The van der Waals surface area contributed by atoms with Crippen molar-refractivity contribution in [1.29, 1.82) is 0 Å². The molecule has 6 heteroatoms. The van der Waals surface area contributed by atoms with E-state index in [1.165, 1.54) is 4.90 Å². The highest BCUT2D eigenvalue weighted by molar-refractivity contribution is 5.82. The fourth-order valence-electron chi connectivity index (χ4n) is 1.90. The Morgan fingerprint density at radius 1 is 1.26 bits per heavy atom. The predicted octanol–water partition coefficient (Wildman–Crippen LogP) is 1.10. The average Bonchev–Trinajstić information content (AvgIpc) is 2.26. The Balaban J connectivity index is 2.77. The van der Waals surface area contributed by atoms with Gasteiger partial charge in [-0.15, -0.1) is 0 Å². The van der Waals surface area contributed by atoms with Gasteiger partial charge in [0.15, 0.2) is 0 Å². The zero-order chi connectivity index (χ0) is 14.6. The molecule has 6 nitrogen and oxygen atoms in total. The van der Waals surface area contributed by atoms with Crippen LogP contribution in [0.1, 0.15) is 27.7 Å². The van der Waals surface area contributed by atoms with Gasteiger partial charge in [-0.2, -0.15) is 0 Å². The fourth-order valence-corrected chi connectivity index (χ4v) is 1.90. The minimum atomic E-state index is -0.589. The van der Waals surface area contributed by atoms with E-state index in [1.54, 1.807) is 27.7 Å². The molecule has 19 heavy (non-hydrogen) atoms. The predicted molar refractivity (Wildman–Crippen MR) is 70.9 cm³/mol. The molecule has 0 aliphatic carbocycles. The van der Waals surface area contributed by atoms with Gasteiger partial charge in [0, 0.05) is 19.6 Å². The maximum Gasteiger partial charge on any atom is 0.411 e. The van der Waals surface area contributed by atoms with Gasteiger partial charge in [0.25, 0.3) is 0 Å². The quantitative estimate of drug-likeness (QED) is 0.705. The van der Waals surface area contributed by atoms with E-state index in [-0.39, 0.29) is 5.97 Å². The van der Waals surface area contributed by atoms with Gasteiger partial charge in [-0.1, -0.05) is 0 Å². The normalized spacial score (nSPS) is 21.1. The summed E-state index contributed by atoms with van der Waals surface area (Å²) in [6.07, 6.45) is -0.460. The first kappa shape index (κ1) is 15.8. The van der Waals surface area contributed by atoms with Crippen LogP contribution in [0.2, 0.25) is 0 Å². The molecule has 1 rings (SSSR count). The maximum atomic E-state index is 12.1. The molecule has 1 atom stereocenters. The first-order valence-corrected chi connectivity index (χ1v) is 6.59. The van der Waals surface area contributed by atoms with Crippen molar-refractivity contribution in [2.24, 2.45) is 0 Å². The van der Waals surface area contributed by atoms with E-state index in [0.717, 1.165) is 6.54 Å². The third kappa shape index (κ3) is 4.70. The standard InChI is InChI=1S/C13H24N2O4/c1-6-18-11(16)10-9-14(5)7-8-15(10)12(17)19-13(2,3)4/h10H,6-9H2,1-5H3. The van der Waals surface area contributed by atoms with Crippen molar-refractivity contribution in [3.8, 4) is 0 Å². The van der Waals surface area contributed by atoms with E-state index < -0.39 is 17.7 Å². The van der Waals surface area contributed by atoms with Gasteiger partial charge >= 0.3 is 12.1 Å². The number of hydrogen-bond donors (Lipinski definition) is 0. The summed E-state index contributed by atoms with van der Waals surface area (Å²) in [5, 5.41) is 0. The highest BCUT2D eigenvalue weighted by atomic mass is 16.6. The molecular formula is C13H24N2O4. The highest BCUT2D eigenvalue weighted by Crippen LogP contribution is 2.16. The number of esters is 1. The Morgan fingerprint density at radius 2 is 1.89 bits per heavy atom. The molecule has 0 aromatic rings. The minimum Gasteiger partial charge on any atom is -0.464 e. The highest BCUT2D eigenvalue weighted by Gasteiger charge is 2.37. The Labute approximate surface area is 114 Å². The van der Waals surface area contributed by atoms with Crippen molar-refractivity contribution < 1.29 is 19.1 Å². The monoisotopic (exact) mass is 272 g/mol. The molecule has 1 heterocycles. The number of carbonyl (C=O) groups excluding carboxylic acids is 2. The zero-order valence-electron chi connectivity index (χ0n) is 12.4. The number of rotatable bonds is 2. The van der Waals surface area contributed by atoms with Crippen molar-refractivity contribution in [1.82, 2.24) is 9.80 Å². The third-order valence-corrected chi connectivity index (χ3v) is 2.77. The molecule has 1 unspecified atom stereocenters. The van der Waals surface area contributed by atoms with Crippen LogP contribution in [0.15, 0.2) is 0 Å². The molecule has 1 aliphatic rings. The van der Waals surface area contributed by atoms with E-state index in [1.807, 2.05) is 11.9 Å². The summed E-state index contributed by atoms with van der Waals surface area (Å²) in [4.78, 5) is 27.5. The lowest BCUT2D eigenvalue weighted by atomic mass is 10.1. The van der Waals surface area contributed by atoms with Gasteiger partial charge in [0.1, 0.15) is 11.6 Å². The second kappa shape index (κ2) is 6.23. The largest absolute Gasteiger partial charge is 0.464 e. The first-order chi connectivity index (χ1) is 8.74. The molecular weight excluding hydrogens is 248 g/mol. The summed E-state index contributed by atoms with van der Waals surface area (Å²) in [6, 6.07) is -0.589. The van der Waals surface area contributed by atoms with E-state index in [9.17, 15) is 9.59 Å². The third-order valence-electron chi connectivity index (χ3n) is 2.77. The minimum absolute atomic E-state index is 0.307. The fraction of sp³-hybridized carbons (Fsp3) is 0.846. The van der Waals surface area contributed by atoms with Crippen molar-refractivity contribution in [3.63, 3.8) is 0 Å². The van der Waals surface area contributed by atoms with Crippen LogP contribution in [0.4, 0.5) is 4.79 Å². The maximum absolute atomic E-state index is 12.1. The first-order valence-electron chi connectivity index (χ1n) is 6.59. The molecule has 1 saturated heterocycles. The van der Waals surface area contributed by atoms with Crippen molar-refractivity contribution >= 4 is 12.1 Å². The van der Waals surface area contributed by atoms with Crippen molar-refractivity contribution in [2.45, 2.75) is 39.3 Å². The molecule has 0 radical (unpaired) electrons. The van der Waals surface area contributed by atoms with E-state index in [0.29, 0.717) is 19.7 Å². The summed E-state index contributed by atoms with van der Waals surface area (Å²) < 4.78 is 10.4. The molecule has 0 aromatic carbocycles. The summed E-state index contributed by atoms with van der Waals surface area (Å²) in [7, 11) is 1.92. The number of hydrogen-bond acceptors (Lipinski definition) is 5. The average molecular weight is 272 g/mol. The number of nitrogens with zero attached hydrogens (tertiary/aromatic N) is 2. The van der Waals surface area contributed by atoms with Gasteiger partial charge in [-0.05, 0) is 34.7 Å². The lowest BCUT2D eigenvalue weighted by Crippen LogP contribution is -2.58.